The minimum absolute atomic E-state index is 0.213. The number of aryl methyl sites for hydroxylation is 1. The molecule has 2 aromatic carbocycles. The van der Waals surface area contributed by atoms with Crippen LogP contribution in [0.1, 0.15) is 30.9 Å². The van der Waals surface area contributed by atoms with E-state index in [9.17, 15) is 4.79 Å². The Balaban J connectivity index is 1.44. The molecule has 1 amide bonds. The van der Waals surface area contributed by atoms with Crippen molar-refractivity contribution in [3.05, 3.63) is 47.5 Å². The van der Waals surface area contributed by atoms with Gasteiger partial charge in [0.05, 0.1) is 26.5 Å². The van der Waals surface area contributed by atoms with Crippen molar-refractivity contribution in [2.75, 3.05) is 47.1 Å². The molecule has 0 aliphatic carbocycles. The maximum absolute atomic E-state index is 12.1. The Hall–Kier alpha value is -3.52. The van der Waals surface area contributed by atoms with E-state index in [2.05, 4.69) is 30.0 Å². The lowest BCUT2D eigenvalue weighted by molar-refractivity contribution is 0.0704. The van der Waals surface area contributed by atoms with Gasteiger partial charge >= 0.3 is 6.09 Å². The fourth-order valence-electron chi connectivity index (χ4n) is 5.45. The first-order chi connectivity index (χ1) is 18.0. The highest BCUT2D eigenvalue weighted by molar-refractivity contribution is 5.89. The molecule has 196 valence electrons. The van der Waals surface area contributed by atoms with Crippen LogP contribution in [0.15, 0.2) is 36.4 Å². The van der Waals surface area contributed by atoms with Gasteiger partial charge in [-0.25, -0.2) is 9.78 Å². The summed E-state index contributed by atoms with van der Waals surface area (Å²) in [7, 11) is 3.35. The minimum Gasteiger partial charge on any atom is -0.494 e. The molecule has 0 atom stereocenters. The Labute approximate surface area is 218 Å². The van der Waals surface area contributed by atoms with Crippen LogP contribution >= 0.6 is 0 Å². The number of fused-ring (bicyclic) bond motifs is 2. The fourth-order valence-corrected chi connectivity index (χ4v) is 5.45. The van der Waals surface area contributed by atoms with E-state index in [4.69, 9.17) is 23.9 Å². The number of carbonyl (C=O) groups excluding carboxylic acids is 1. The molecule has 0 radical (unpaired) electrons. The average Bonchev–Trinajstić information content (AvgIpc) is 3.15. The van der Waals surface area contributed by atoms with Crippen molar-refractivity contribution in [3.8, 4) is 28.5 Å². The predicted molar refractivity (Wildman–Crippen MR) is 143 cm³/mol. The van der Waals surface area contributed by atoms with Crippen molar-refractivity contribution < 1.29 is 23.7 Å². The maximum atomic E-state index is 12.1. The van der Waals surface area contributed by atoms with E-state index in [1.165, 1.54) is 0 Å². The van der Waals surface area contributed by atoms with E-state index < -0.39 is 0 Å². The molecule has 5 rings (SSSR count). The first kappa shape index (κ1) is 25.1. The number of rotatable bonds is 5. The Kier molecular flexibility index (Phi) is 7.37. The zero-order valence-corrected chi connectivity index (χ0v) is 22.1. The molecule has 1 fully saturated rings. The summed E-state index contributed by atoms with van der Waals surface area (Å²) in [4.78, 5) is 21.4. The molecule has 3 heterocycles. The summed E-state index contributed by atoms with van der Waals surface area (Å²) in [6, 6.07) is 12.7. The van der Waals surface area contributed by atoms with Crippen LogP contribution in [-0.4, -0.2) is 74.0 Å². The molecule has 0 saturated carbocycles. The summed E-state index contributed by atoms with van der Waals surface area (Å²) >= 11 is 0. The highest BCUT2D eigenvalue weighted by Crippen LogP contribution is 2.40. The number of para-hydroxylation sites is 1. The second kappa shape index (κ2) is 10.8. The number of amides is 1. The Morgan fingerprint density at radius 3 is 2.59 bits per heavy atom. The highest BCUT2D eigenvalue weighted by Gasteiger charge is 2.30. The molecule has 2 aliphatic heterocycles. The molecule has 2 aliphatic rings. The Morgan fingerprint density at radius 2 is 1.86 bits per heavy atom. The van der Waals surface area contributed by atoms with Gasteiger partial charge in [0.2, 0.25) is 0 Å². The number of carbonyl (C=O) groups is 1. The van der Waals surface area contributed by atoms with Gasteiger partial charge in [-0.15, -0.1) is 0 Å². The molecule has 8 heteroatoms. The van der Waals surface area contributed by atoms with Gasteiger partial charge in [-0.2, -0.15) is 0 Å². The number of benzene rings is 2. The topological polar surface area (TPSA) is 73.4 Å². The van der Waals surface area contributed by atoms with Crippen molar-refractivity contribution in [2.24, 2.45) is 0 Å². The lowest BCUT2D eigenvalue weighted by Gasteiger charge is -2.37. The van der Waals surface area contributed by atoms with E-state index in [0.717, 1.165) is 70.7 Å². The quantitative estimate of drug-likeness (QED) is 0.481. The van der Waals surface area contributed by atoms with Gasteiger partial charge in [0, 0.05) is 48.7 Å². The summed E-state index contributed by atoms with van der Waals surface area (Å²) in [5.74, 6) is 2.27. The van der Waals surface area contributed by atoms with Crippen molar-refractivity contribution in [1.82, 2.24) is 14.8 Å². The van der Waals surface area contributed by atoms with E-state index in [1.54, 1.807) is 14.2 Å². The standard InChI is InChI=1S/C29H35N3O5/c1-5-36-29(33)31-11-9-22(10-12-31)32-13-14-37-28-21(18-32)16-20(17-26(28)35-4)24-15-19(2)23-7-6-8-25(34-3)27(23)30-24/h6-8,15-17,22H,5,9-14,18H2,1-4H3. The summed E-state index contributed by atoms with van der Waals surface area (Å²) in [6.45, 7) is 7.92. The van der Waals surface area contributed by atoms with Gasteiger partial charge < -0.3 is 23.8 Å². The molecular weight excluding hydrogens is 470 g/mol. The van der Waals surface area contributed by atoms with Gasteiger partial charge in [0.25, 0.3) is 0 Å². The maximum Gasteiger partial charge on any atom is 0.409 e. The van der Waals surface area contributed by atoms with Gasteiger partial charge in [-0.05, 0) is 56.5 Å². The van der Waals surface area contributed by atoms with E-state index in [-0.39, 0.29) is 6.09 Å². The van der Waals surface area contributed by atoms with Crippen LogP contribution < -0.4 is 14.2 Å². The van der Waals surface area contributed by atoms with Gasteiger partial charge in [-0.1, -0.05) is 12.1 Å². The first-order valence-electron chi connectivity index (χ1n) is 13.0. The molecule has 1 saturated heterocycles. The molecule has 0 unspecified atom stereocenters. The molecule has 0 spiro atoms. The lowest BCUT2D eigenvalue weighted by Crippen LogP contribution is -2.47. The zero-order chi connectivity index (χ0) is 25.9. The molecule has 8 nitrogen and oxygen atoms in total. The first-order valence-corrected chi connectivity index (χ1v) is 13.0. The molecule has 1 aromatic heterocycles. The predicted octanol–water partition coefficient (Wildman–Crippen LogP) is 5.04. The van der Waals surface area contributed by atoms with Crippen molar-refractivity contribution >= 4 is 17.0 Å². The van der Waals surface area contributed by atoms with Gasteiger partial charge in [0.1, 0.15) is 17.9 Å². The van der Waals surface area contributed by atoms with Crippen LogP contribution in [0.25, 0.3) is 22.2 Å². The SMILES string of the molecule is CCOC(=O)N1CCC(N2CCOc3c(cc(-c4cc(C)c5cccc(OC)c5n4)cc3OC)C2)CC1. The van der Waals surface area contributed by atoms with E-state index >= 15 is 0 Å². The number of methoxy groups -OCH3 is 2. The highest BCUT2D eigenvalue weighted by atomic mass is 16.6. The number of piperidine rings is 1. The van der Waals surface area contributed by atoms with Crippen LogP contribution in [0.3, 0.4) is 0 Å². The number of hydrogen-bond donors (Lipinski definition) is 0. The summed E-state index contributed by atoms with van der Waals surface area (Å²) in [5.41, 5.74) is 4.92. The molecular formula is C29H35N3O5. The largest absolute Gasteiger partial charge is 0.494 e. The number of likely N-dealkylation sites (tertiary alicyclic amines) is 1. The van der Waals surface area contributed by atoms with Crippen LogP contribution in [0.2, 0.25) is 0 Å². The zero-order valence-electron chi connectivity index (χ0n) is 22.1. The van der Waals surface area contributed by atoms with Crippen LogP contribution in [0, 0.1) is 6.92 Å². The van der Waals surface area contributed by atoms with Crippen LogP contribution in [-0.2, 0) is 11.3 Å². The van der Waals surface area contributed by atoms with Crippen LogP contribution in [0.5, 0.6) is 17.2 Å². The van der Waals surface area contributed by atoms with Gasteiger partial charge in [0.15, 0.2) is 11.5 Å². The summed E-state index contributed by atoms with van der Waals surface area (Å²) in [6.07, 6.45) is 1.61. The number of hydrogen-bond acceptors (Lipinski definition) is 7. The second-order valence-corrected chi connectivity index (χ2v) is 9.58. The normalized spacial score (nSPS) is 16.6. The molecule has 0 bridgehead atoms. The number of pyridine rings is 1. The number of aromatic nitrogens is 1. The lowest BCUT2D eigenvalue weighted by atomic mass is 10.00. The van der Waals surface area contributed by atoms with Crippen molar-refractivity contribution in [2.45, 2.75) is 39.3 Å². The molecule has 3 aromatic rings. The molecule has 37 heavy (non-hydrogen) atoms. The summed E-state index contributed by atoms with van der Waals surface area (Å²) < 4.78 is 22.8. The Bertz CT molecular complexity index is 1290. The number of nitrogens with zero attached hydrogens (tertiary/aromatic N) is 3. The van der Waals surface area contributed by atoms with E-state index in [0.29, 0.717) is 38.1 Å². The van der Waals surface area contributed by atoms with Crippen molar-refractivity contribution in [3.63, 3.8) is 0 Å². The van der Waals surface area contributed by atoms with Gasteiger partial charge in [-0.3, -0.25) is 4.90 Å². The average molecular weight is 506 g/mol. The second-order valence-electron chi connectivity index (χ2n) is 9.58. The number of ether oxygens (including phenoxy) is 4. The third kappa shape index (κ3) is 5.03. The monoisotopic (exact) mass is 505 g/mol. The van der Waals surface area contributed by atoms with E-state index in [1.807, 2.05) is 30.0 Å². The fraction of sp³-hybridized carbons (Fsp3) is 0.448. The third-order valence-electron chi connectivity index (χ3n) is 7.38. The Morgan fingerprint density at radius 1 is 1.08 bits per heavy atom. The minimum atomic E-state index is -0.213. The molecule has 0 N–H and O–H groups in total. The van der Waals surface area contributed by atoms with Crippen molar-refractivity contribution in [1.29, 1.82) is 0 Å². The van der Waals surface area contributed by atoms with Crippen LogP contribution in [0.4, 0.5) is 4.79 Å². The smallest absolute Gasteiger partial charge is 0.409 e. The summed E-state index contributed by atoms with van der Waals surface area (Å²) in [5, 5.41) is 1.08. The third-order valence-corrected chi connectivity index (χ3v) is 7.38.